The van der Waals surface area contributed by atoms with Crippen LogP contribution in [0.25, 0.3) is 0 Å². The van der Waals surface area contributed by atoms with Crippen LogP contribution in [0.1, 0.15) is 33.0 Å². The number of hydrogen-bond donors (Lipinski definition) is 3. The fraction of sp³-hybridized carbons (Fsp3) is 0.294. The minimum Gasteiger partial charge on any atom is -0.466 e. The van der Waals surface area contributed by atoms with E-state index in [9.17, 15) is 9.59 Å². The van der Waals surface area contributed by atoms with Gasteiger partial charge in [-0.2, -0.15) is 0 Å². The third kappa shape index (κ3) is 4.60. The zero-order chi connectivity index (χ0) is 17.5. The molecule has 128 valence electrons. The van der Waals surface area contributed by atoms with E-state index in [4.69, 9.17) is 9.15 Å². The van der Waals surface area contributed by atoms with E-state index in [2.05, 4.69) is 16.2 Å². The highest BCUT2D eigenvalue weighted by atomic mass is 16.5. The quantitative estimate of drug-likeness (QED) is 0.732. The first kappa shape index (κ1) is 17.6. The number of ether oxygens (including phenoxy) is 1. The van der Waals surface area contributed by atoms with Gasteiger partial charge in [0.25, 0.3) is 5.91 Å². The Morgan fingerprint density at radius 2 is 1.83 bits per heavy atom. The average Bonchev–Trinajstić information content (AvgIpc) is 2.90. The third-order valence-electron chi connectivity index (χ3n) is 3.43. The highest BCUT2D eigenvalue weighted by Gasteiger charge is 2.14. The summed E-state index contributed by atoms with van der Waals surface area (Å²) < 4.78 is 10.4. The van der Waals surface area contributed by atoms with Crippen molar-refractivity contribution in [1.29, 1.82) is 0 Å². The van der Waals surface area contributed by atoms with Crippen LogP contribution in [-0.2, 0) is 17.9 Å². The topological polar surface area (TPSA) is 92.6 Å². The Kier molecular flexibility index (Phi) is 5.97. The van der Waals surface area contributed by atoms with Crippen LogP contribution in [0.15, 0.2) is 34.7 Å². The molecule has 1 aromatic carbocycles. The number of hydrogen-bond acceptors (Lipinski definition) is 4. The minimum atomic E-state index is -0.506. The van der Waals surface area contributed by atoms with Gasteiger partial charge in [-0.1, -0.05) is 24.3 Å². The molecule has 0 saturated heterocycles. The molecule has 0 radical (unpaired) electrons. The molecule has 2 rings (SSSR count). The maximum absolute atomic E-state index is 12.0. The predicted octanol–water partition coefficient (Wildman–Crippen LogP) is 2.19. The molecule has 7 heteroatoms. The van der Waals surface area contributed by atoms with Crippen molar-refractivity contribution in [3.8, 4) is 0 Å². The number of benzene rings is 1. The molecule has 0 aliphatic heterocycles. The van der Waals surface area contributed by atoms with Gasteiger partial charge in [0.2, 0.25) is 0 Å². The number of furan rings is 1. The first-order chi connectivity index (χ1) is 11.5. The molecule has 3 N–H and O–H groups in total. The van der Waals surface area contributed by atoms with Crippen LogP contribution in [-0.4, -0.2) is 19.0 Å². The maximum Gasteiger partial charge on any atom is 0.333 e. The molecule has 2 aromatic rings. The van der Waals surface area contributed by atoms with E-state index in [1.54, 1.807) is 27.0 Å². The Balaban J connectivity index is 1.84. The highest BCUT2D eigenvalue weighted by molar-refractivity contribution is 5.96. The molecular formula is C17H21N3O4. The molecule has 0 aliphatic carbocycles. The first-order valence-corrected chi connectivity index (χ1v) is 7.48. The van der Waals surface area contributed by atoms with Crippen LogP contribution >= 0.6 is 0 Å². The van der Waals surface area contributed by atoms with E-state index in [1.807, 2.05) is 24.3 Å². The van der Waals surface area contributed by atoms with Crippen molar-refractivity contribution in [2.24, 2.45) is 0 Å². The van der Waals surface area contributed by atoms with E-state index < -0.39 is 11.9 Å². The lowest BCUT2D eigenvalue weighted by atomic mass is 10.1. The van der Waals surface area contributed by atoms with Crippen LogP contribution in [0.2, 0.25) is 0 Å². The molecule has 0 spiro atoms. The summed E-state index contributed by atoms with van der Waals surface area (Å²) in [6.07, 6.45) is 0. The summed E-state index contributed by atoms with van der Waals surface area (Å²) in [6.45, 7) is 4.23. The lowest BCUT2D eigenvalue weighted by Crippen LogP contribution is -2.46. The number of urea groups is 1. The van der Waals surface area contributed by atoms with Crippen LogP contribution in [0.5, 0.6) is 0 Å². The largest absolute Gasteiger partial charge is 0.466 e. The van der Waals surface area contributed by atoms with Crippen molar-refractivity contribution >= 4 is 11.9 Å². The fourth-order valence-electron chi connectivity index (χ4n) is 2.28. The van der Waals surface area contributed by atoms with Gasteiger partial charge in [-0.3, -0.25) is 10.2 Å². The number of methoxy groups -OCH3 is 1. The van der Waals surface area contributed by atoms with E-state index >= 15 is 0 Å². The van der Waals surface area contributed by atoms with Gasteiger partial charge in [0, 0.05) is 13.7 Å². The van der Waals surface area contributed by atoms with Crippen molar-refractivity contribution in [2.75, 3.05) is 7.11 Å². The molecule has 7 nitrogen and oxygen atoms in total. The van der Waals surface area contributed by atoms with Crippen LogP contribution in [0.4, 0.5) is 4.79 Å². The number of rotatable bonds is 5. The summed E-state index contributed by atoms with van der Waals surface area (Å²) in [4.78, 5) is 23.8. The van der Waals surface area contributed by atoms with E-state index in [-0.39, 0.29) is 0 Å². The SMILES string of the molecule is COCc1ccccc1CNC(=O)NNC(=O)c1cc(C)oc1C. The second kappa shape index (κ2) is 8.16. The van der Waals surface area contributed by atoms with Gasteiger partial charge in [0.05, 0.1) is 12.2 Å². The van der Waals surface area contributed by atoms with Crippen LogP contribution < -0.4 is 16.2 Å². The summed E-state index contributed by atoms with van der Waals surface area (Å²) in [7, 11) is 1.62. The average molecular weight is 331 g/mol. The Hall–Kier alpha value is -2.80. The Morgan fingerprint density at radius 1 is 1.12 bits per heavy atom. The molecule has 0 bridgehead atoms. The monoisotopic (exact) mass is 331 g/mol. The number of amides is 3. The maximum atomic E-state index is 12.0. The second-order valence-electron chi connectivity index (χ2n) is 5.29. The molecule has 0 unspecified atom stereocenters. The summed E-state index contributed by atoms with van der Waals surface area (Å²) in [5, 5.41) is 2.68. The molecule has 0 atom stereocenters. The Labute approximate surface area is 140 Å². The number of carbonyl (C=O) groups is 2. The lowest BCUT2D eigenvalue weighted by Gasteiger charge is -2.11. The van der Waals surface area contributed by atoms with Gasteiger partial charge in [-0.05, 0) is 31.0 Å². The van der Waals surface area contributed by atoms with E-state index in [0.717, 1.165) is 11.1 Å². The third-order valence-corrected chi connectivity index (χ3v) is 3.43. The van der Waals surface area contributed by atoms with Crippen LogP contribution in [0, 0.1) is 13.8 Å². The van der Waals surface area contributed by atoms with Gasteiger partial charge >= 0.3 is 6.03 Å². The molecule has 1 aromatic heterocycles. The summed E-state index contributed by atoms with van der Waals surface area (Å²) in [5.74, 6) is 0.705. The molecule has 0 fully saturated rings. The lowest BCUT2D eigenvalue weighted by molar-refractivity contribution is 0.0934. The summed E-state index contributed by atoms with van der Waals surface area (Å²) in [5.41, 5.74) is 6.99. The van der Waals surface area contributed by atoms with Crippen molar-refractivity contribution in [3.63, 3.8) is 0 Å². The minimum absolute atomic E-state index is 0.324. The molecule has 0 aliphatic rings. The highest BCUT2D eigenvalue weighted by Crippen LogP contribution is 2.13. The van der Waals surface area contributed by atoms with Gasteiger partial charge in [0.1, 0.15) is 11.5 Å². The van der Waals surface area contributed by atoms with Gasteiger partial charge in [-0.25, -0.2) is 10.2 Å². The van der Waals surface area contributed by atoms with Gasteiger partial charge in [0.15, 0.2) is 0 Å². The van der Waals surface area contributed by atoms with E-state index in [0.29, 0.717) is 30.2 Å². The molecule has 24 heavy (non-hydrogen) atoms. The first-order valence-electron chi connectivity index (χ1n) is 7.48. The number of nitrogens with one attached hydrogen (secondary N) is 3. The fourth-order valence-corrected chi connectivity index (χ4v) is 2.28. The Bertz CT molecular complexity index is 724. The van der Waals surface area contributed by atoms with Crippen molar-refractivity contribution < 1.29 is 18.7 Å². The van der Waals surface area contributed by atoms with Crippen molar-refractivity contribution in [1.82, 2.24) is 16.2 Å². The smallest absolute Gasteiger partial charge is 0.333 e. The second-order valence-corrected chi connectivity index (χ2v) is 5.29. The number of hydrazine groups is 1. The normalized spacial score (nSPS) is 10.3. The zero-order valence-corrected chi connectivity index (χ0v) is 13.9. The summed E-state index contributed by atoms with van der Waals surface area (Å²) in [6, 6.07) is 8.75. The molecule has 1 heterocycles. The molecule has 0 saturated carbocycles. The summed E-state index contributed by atoms with van der Waals surface area (Å²) >= 11 is 0. The number of carbonyl (C=O) groups excluding carboxylic acids is 2. The number of aryl methyl sites for hydroxylation is 2. The van der Waals surface area contributed by atoms with E-state index in [1.165, 1.54) is 0 Å². The van der Waals surface area contributed by atoms with Gasteiger partial charge in [-0.15, -0.1) is 0 Å². The zero-order valence-electron chi connectivity index (χ0n) is 13.9. The Morgan fingerprint density at radius 3 is 2.46 bits per heavy atom. The molecule has 3 amide bonds. The van der Waals surface area contributed by atoms with Crippen molar-refractivity contribution in [3.05, 3.63) is 58.5 Å². The molecular weight excluding hydrogens is 310 g/mol. The van der Waals surface area contributed by atoms with Crippen LogP contribution in [0.3, 0.4) is 0 Å². The van der Waals surface area contributed by atoms with Gasteiger partial charge < -0.3 is 14.5 Å². The predicted molar refractivity (Wildman–Crippen MR) is 88.2 cm³/mol. The standard InChI is InChI=1S/C17H21N3O4/c1-11-8-15(12(2)24-11)16(21)19-20-17(22)18-9-13-6-4-5-7-14(13)10-23-3/h4-8H,9-10H2,1-3H3,(H,19,21)(H2,18,20,22). The van der Waals surface area contributed by atoms with Crippen molar-refractivity contribution in [2.45, 2.75) is 27.0 Å².